The number of anilines is 1. The zero-order chi connectivity index (χ0) is 25.5. The molecule has 0 saturated heterocycles. The number of ketones is 1. The SMILES string of the molecule is COc1ccc(-n2c(C)cc(/C=C(\C#N)C(=O)OCC(=O)Nc3ccccc3C(C)=O)c2C)cc1. The monoisotopic (exact) mass is 471 g/mol. The Labute approximate surface area is 203 Å². The van der Waals surface area contributed by atoms with Crippen LogP contribution in [0.5, 0.6) is 5.75 Å². The highest BCUT2D eigenvalue weighted by molar-refractivity contribution is 6.05. The first-order chi connectivity index (χ1) is 16.7. The van der Waals surface area contributed by atoms with Crippen LogP contribution in [0.1, 0.15) is 34.2 Å². The Hall–Kier alpha value is -4.64. The van der Waals surface area contributed by atoms with E-state index in [0.717, 1.165) is 22.8 Å². The Morgan fingerprint density at radius 3 is 2.40 bits per heavy atom. The lowest BCUT2D eigenvalue weighted by molar-refractivity contribution is -0.142. The fourth-order valence-electron chi connectivity index (χ4n) is 3.65. The number of hydrogen-bond donors (Lipinski definition) is 1. The van der Waals surface area contributed by atoms with Gasteiger partial charge in [-0.25, -0.2) is 4.79 Å². The lowest BCUT2D eigenvalue weighted by atomic mass is 10.1. The number of nitrogens with one attached hydrogen (secondary N) is 1. The van der Waals surface area contributed by atoms with Gasteiger partial charge in [0.2, 0.25) is 0 Å². The van der Waals surface area contributed by atoms with Crippen LogP contribution >= 0.6 is 0 Å². The van der Waals surface area contributed by atoms with E-state index >= 15 is 0 Å². The van der Waals surface area contributed by atoms with E-state index in [1.54, 1.807) is 31.4 Å². The van der Waals surface area contributed by atoms with Crippen molar-refractivity contribution in [2.75, 3.05) is 19.0 Å². The second-order valence-corrected chi connectivity index (χ2v) is 7.76. The lowest BCUT2D eigenvalue weighted by Crippen LogP contribution is -2.22. The molecule has 0 unspecified atom stereocenters. The summed E-state index contributed by atoms with van der Waals surface area (Å²) in [5, 5.41) is 12.1. The highest BCUT2D eigenvalue weighted by atomic mass is 16.5. The molecule has 0 aliphatic heterocycles. The topological polar surface area (TPSA) is 110 Å². The first-order valence-corrected chi connectivity index (χ1v) is 10.8. The summed E-state index contributed by atoms with van der Waals surface area (Å²) in [4.78, 5) is 36.4. The van der Waals surface area contributed by atoms with Gasteiger partial charge in [-0.3, -0.25) is 9.59 Å². The zero-order valence-corrected chi connectivity index (χ0v) is 19.9. The number of Topliss-reactive ketones (excluding diaryl/α,β-unsaturated/α-hetero) is 1. The van der Waals surface area contributed by atoms with Crippen molar-refractivity contribution in [3.8, 4) is 17.5 Å². The predicted octanol–water partition coefficient (Wildman–Crippen LogP) is 4.39. The summed E-state index contributed by atoms with van der Waals surface area (Å²) in [6.07, 6.45) is 1.44. The number of rotatable bonds is 8. The van der Waals surface area contributed by atoms with Crippen LogP contribution in [0.25, 0.3) is 11.8 Å². The molecule has 0 saturated carbocycles. The summed E-state index contributed by atoms with van der Waals surface area (Å²) >= 11 is 0. The summed E-state index contributed by atoms with van der Waals surface area (Å²) in [5.41, 5.74) is 3.74. The van der Waals surface area contributed by atoms with Crippen molar-refractivity contribution < 1.29 is 23.9 Å². The van der Waals surface area contributed by atoms with Crippen LogP contribution in [0.4, 0.5) is 5.69 Å². The molecule has 178 valence electrons. The number of nitriles is 1. The third-order valence-corrected chi connectivity index (χ3v) is 5.36. The highest BCUT2D eigenvalue weighted by Gasteiger charge is 2.17. The number of ether oxygens (including phenoxy) is 2. The average Bonchev–Trinajstić information content (AvgIpc) is 3.13. The number of aromatic nitrogens is 1. The van der Waals surface area contributed by atoms with Gasteiger partial charge in [-0.1, -0.05) is 12.1 Å². The molecule has 8 heteroatoms. The van der Waals surface area contributed by atoms with Crippen LogP contribution in [-0.2, 0) is 14.3 Å². The molecule has 0 fully saturated rings. The van der Waals surface area contributed by atoms with E-state index in [9.17, 15) is 19.6 Å². The summed E-state index contributed by atoms with van der Waals surface area (Å²) < 4.78 is 12.2. The number of benzene rings is 2. The highest BCUT2D eigenvalue weighted by Crippen LogP contribution is 2.24. The molecule has 0 atom stereocenters. The minimum absolute atomic E-state index is 0.208. The molecular formula is C27H25N3O5. The van der Waals surface area contributed by atoms with Crippen molar-refractivity contribution in [1.82, 2.24) is 4.57 Å². The molecule has 1 heterocycles. The molecule has 1 N–H and O–H groups in total. The van der Waals surface area contributed by atoms with Crippen molar-refractivity contribution in [2.24, 2.45) is 0 Å². The van der Waals surface area contributed by atoms with Crippen molar-refractivity contribution in [3.63, 3.8) is 0 Å². The third-order valence-electron chi connectivity index (χ3n) is 5.36. The van der Waals surface area contributed by atoms with Crippen molar-refractivity contribution in [2.45, 2.75) is 20.8 Å². The van der Waals surface area contributed by atoms with E-state index in [2.05, 4.69) is 5.32 Å². The van der Waals surface area contributed by atoms with Gasteiger partial charge in [0.05, 0.1) is 12.8 Å². The number of carbonyl (C=O) groups is 3. The van der Waals surface area contributed by atoms with Gasteiger partial charge in [0, 0.05) is 22.6 Å². The maximum atomic E-state index is 12.5. The number of esters is 1. The summed E-state index contributed by atoms with van der Waals surface area (Å²) in [5.74, 6) is -1.02. The van der Waals surface area contributed by atoms with Gasteiger partial charge >= 0.3 is 5.97 Å². The van der Waals surface area contributed by atoms with Gasteiger partial charge in [0.1, 0.15) is 17.4 Å². The first kappa shape index (κ1) is 25.0. The quantitative estimate of drug-likeness (QED) is 0.226. The number of carbonyl (C=O) groups excluding carboxylic acids is 3. The summed E-state index contributed by atoms with van der Waals surface area (Å²) in [6, 6.07) is 17.7. The fraction of sp³-hybridized carbons (Fsp3) is 0.185. The predicted molar refractivity (Wildman–Crippen MR) is 131 cm³/mol. The van der Waals surface area contributed by atoms with Gasteiger partial charge in [-0.15, -0.1) is 0 Å². The number of para-hydroxylation sites is 1. The largest absolute Gasteiger partial charge is 0.497 e. The van der Waals surface area contributed by atoms with Crippen LogP contribution in [-0.4, -0.2) is 35.9 Å². The van der Waals surface area contributed by atoms with Gasteiger partial charge in [0.15, 0.2) is 12.4 Å². The second-order valence-electron chi connectivity index (χ2n) is 7.76. The van der Waals surface area contributed by atoms with E-state index < -0.39 is 18.5 Å². The van der Waals surface area contributed by atoms with E-state index in [1.807, 2.05) is 54.8 Å². The first-order valence-electron chi connectivity index (χ1n) is 10.8. The van der Waals surface area contributed by atoms with Gasteiger partial charge < -0.3 is 19.4 Å². The molecule has 8 nitrogen and oxygen atoms in total. The summed E-state index contributed by atoms with van der Waals surface area (Å²) in [7, 11) is 1.60. The van der Waals surface area contributed by atoms with Crippen molar-refractivity contribution >= 4 is 29.4 Å². The smallest absolute Gasteiger partial charge is 0.349 e. The number of aryl methyl sites for hydroxylation is 1. The maximum Gasteiger partial charge on any atom is 0.349 e. The van der Waals surface area contributed by atoms with E-state index in [0.29, 0.717) is 16.8 Å². The molecule has 0 aliphatic rings. The molecule has 0 spiro atoms. The molecule has 0 aliphatic carbocycles. The van der Waals surface area contributed by atoms with Crippen LogP contribution in [0.3, 0.4) is 0 Å². The standard InChI is InChI=1S/C27H25N3O5/c1-17-13-20(18(2)30(17)22-9-11-23(34-4)12-10-22)14-21(15-28)27(33)35-16-26(32)29-25-8-6-5-7-24(25)19(3)31/h5-14H,16H2,1-4H3,(H,29,32)/b21-14+. The Morgan fingerprint density at radius 2 is 1.77 bits per heavy atom. The van der Waals surface area contributed by atoms with Crippen LogP contribution in [0.15, 0.2) is 60.2 Å². The van der Waals surface area contributed by atoms with Crippen LogP contribution < -0.4 is 10.1 Å². The molecule has 3 aromatic rings. The van der Waals surface area contributed by atoms with E-state index in [-0.39, 0.29) is 11.4 Å². The van der Waals surface area contributed by atoms with E-state index in [1.165, 1.54) is 13.0 Å². The molecule has 3 rings (SSSR count). The number of hydrogen-bond acceptors (Lipinski definition) is 6. The number of methoxy groups -OCH3 is 1. The Morgan fingerprint density at radius 1 is 1.09 bits per heavy atom. The third kappa shape index (κ3) is 5.84. The van der Waals surface area contributed by atoms with Gasteiger partial charge in [-0.05, 0) is 74.9 Å². The Bertz CT molecular complexity index is 1340. The molecule has 2 aromatic carbocycles. The molecule has 1 amide bonds. The van der Waals surface area contributed by atoms with Crippen molar-refractivity contribution in [1.29, 1.82) is 5.26 Å². The Kier molecular flexibility index (Phi) is 7.85. The lowest BCUT2D eigenvalue weighted by Gasteiger charge is -2.10. The van der Waals surface area contributed by atoms with E-state index in [4.69, 9.17) is 9.47 Å². The molecular weight excluding hydrogens is 446 g/mol. The molecule has 0 bridgehead atoms. The second kappa shape index (κ2) is 11.0. The van der Waals surface area contributed by atoms with Crippen LogP contribution in [0, 0.1) is 25.2 Å². The number of amides is 1. The molecule has 0 radical (unpaired) electrons. The summed E-state index contributed by atoms with van der Waals surface area (Å²) in [6.45, 7) is 4.58. The van der Waals surface area contributed by atoms with Crippen molar-refractivity contribution in [3.05, 3.63) is 82.7 Å². The molecule has 35 heavy (non-hydrogen) atoms. The van der Waals surface area contributed by atoms with Gasteiger partial charge in [0.25, 0.3) is 5.91 Å². The Balaban J connectivity index is 1.73. The fourth-order valence-corrected chi connectivity index (χ4v) is 3.65. The van der Waals surface area contributed by atoms with Gasteiger partial charge in [-0.2, -0.15) is 5.26 Å². The minimum atomic E-state index is -0.920. The normalized spacial score (nSPS) is 10.9. The zero-order valence-electron chi connectivity index (χ0n) is 19.9. The average molecular weight is 472 g/mol. The molecule has 1 aromatic heterocycles. The van der Waals surface area contributed by atoms with Crippen LogP contribution in [0.2, 0.25) is 0 Å². The maximum absolute atomic E-state index is 12.5. The number of nitrogens with zero attached hydrogens (tertiary/aromatic N) is 2. The minimum Gasteiger partial charge on any atom is -0.497 e.